The standard InChI is InChI=1S/C23H24ClN2O.BrH/c1-17-6-8-19(9-7-17)22(27)16-25-15-21(18-10-12-20(24)13-11-18)26-14-4-2-3-5-23(25)26;/h6-13,15H,2-5,14,16H2,1H3;1H/q+1;/p-1. The Morgan fingerprint density at radius 1 is 1.04 bits per heavy atom. The maximum Gasteiger partial charge on any atom is 0.257 e. The molecular formula is C23H24BrClN2O. The Morgan fingerprint density at radius 2 is 1.75 bits per heavy atom. The van der Waals surface area contributed by atoms with Gasteiger partial charge in [-0.15, -0.1) is 0 Å². The minimum Gasteiger partial charge on any atom is -1.00 e. The minimum atomic E-state index is 0. The second-order valence-corrected chi connectivity index (χ2v) is 7.75. The number of carbonyl (C=O) groups excluding carboxylic acids is 1. The molecule has 0 unspecified atom stereocenters. The molecular weight excluding hydrogens is 436 g/mol. The molecule has 146 valence electrons. The van der Waals surface area contributed by atoms with Gasteiger partial charge in [-0.2, -0.15) is 0 Å². The third kappa shape index (κ3) is 4.39. The summed E-state index contributed by atoms with van der Waals surface area (Å²) in [6, 6.07) is 15.8. The normalized spacial score (nSPS) is 13.4. The van der Waals surface area contributed by atoms with Crippen LogP contribution in [0.5, 0.6) is 0 Å². The van der Waals surface area contributed by atoms with Gasteiger partial charge in [0.05, 0.1) is 6.54 Å². The largest absolute Gasteiger partial charge is 1.00 e. The van der Waals surface area contributed by atoms with Crippen LogP contribution in [0.2, 0.25) is 5.02 Å². The molecule has 0 N–H and O–H groups in total. The predicted molar refractivity (Wildman–Crippen MR) is 108 cm³/mol. The maximum absolute atomic E-state index is 12.8. The fourth-order valence-electron chi connectivity index (χ4n) is 3.82. The highest BCUT2D eigenvalue weighted by molar-refractivity contribution is 6.30. The number of rotatable bonds is 4. The molecule has 1 aromatic heterocycles. The van der Waals surface area contributed by atoms with Crippen molar-refractivity contribution in [3.05, 3.63) is 76.7 Å². The van der Waals surface area contributed by atoms with Crippen LogP contribution in [0.15, 0.2) is 54.7 Å². The number of hydrogen-bond acceptors (Lipinski definition) is 1. The van der Waals surface area contributed by atoms with Crippen molar-refractivity contribution in [1.29, 1.82) is 0 Å². The van der Waals surface area contributed by atoms with E-state index in [9.17, 15) is 4.79 Å². The van der Waals surface area contributed by atoms with Crippen molar-refractivity contribution in [1.82, 2.24) is 4.57 Å². The number of benzene rings is 2. The van der Waals surface area contributed by atoms with Gasteiger partial charge in [0.1, 0.15) is 6.20 Å². The van der Waals surface area contributed by atoms with Crippen LogP contribution in [0.4, 0.5) is 0 Å². The summed E-state index contributed by atoms with van der Waals surface area (Å²) in [5.41, 5.74) is 4.25. The molecule has 3 nitrogen and oxygen atoms in total. The number of aryl methyl sites for hydroxylation is 1. The zero-order valence-corrected chi connectivity index (χ0v) is 18.3. The van der Waals surface area contributed by atoms with Crippen LogP contribution in [0.3, 0.4) is 0 Å². The molecule has 28 heavy (non-hydrogen) atoms. The van der Waals surface area contributed by atoms with E-state index in [0.29, 0.717) is 6.54 Å². The SMILES string of the molecule is Cc1ccc(C(=O)C[n+]2cc(-c3ccc(Cl)cc3)n3c2CCCCC3)cc1.[Br-]. The number of imidazole rings is 1. The molecule has 0 atom stereocenters. The summed E-state index contributed by atoms with van der Waals surface area (Å²) in [7, 11) is 0. The number of Topliss-reactive ketones (excluding diaryl/α,β-unsaturated/α-hetero) is 1. The smallest absolute Gasteiger partial charge is 0.257 e. The highest BCUT2D eigenvalue weighted by atomic mass is 79.9. The first-order chi connectivity index (χ1) is 13.1. The van der Waals surface area contributed by atoms with Gasteiger partial charge in [0.25, 0.3) is 5.82 Å². The summed E-state index contributed by atoms with van der Waals surface area (Å²) in [4.78, 5) is 12.8. The van der Waals surface area contributed by atoms with Crippen molar-refractivity contribution in [3.8, 4) is 11.3 Å². The van der Waals surface area contributed by atoms with E-state index in [2.05, 4.69) is 27.5 Å². The van der Waals surface area contributed by atoms with E-state index in [1.54, 1.807) is 0 Å². The summed E-state index contributed by atoms with van der Waals surface area (Å²) in [6.07, 6.45) is 6.72. The van der Waals surface area contributed by atoms with E-state index in [1.807, 2.05) is 43.3 Å². The van der Waals surface area contributed by atoms with Gasteiger partial charge in [0.2, 0.25) is 5.78 Å². The number of ketones is 1. The van der Waals surface area contributed by atoms with Gasteiger partial charge in [0.15, 0.2) is 12.2 Å². The Balaban J connectivity index is 0.00000225. The van der Waals surface area contributed by atoms with Crippen molar-refractivity contribution < 1.29 is 26.3 Å². The van der Waals surface area contributed by atoms with Crippen LogP contribution in [0, 0.1) is 6.92 Å². The van der Waals surface area contributed by atoms with Crippen LogP contribution in [0.25, 0.3) is 11.3 Å². The van der Waals surface area contributed by atoms with E-state index in [4.69, 9.17) is 11.6 Å². The molecule has 0 bridgehead atoms. The van der Waals surface area contributed by atoms with E-state index in [-0.39, 0.29) is 22.8 Å². The molecule has 0 aliphatic carbocycles. The molecule has 4 rings (SSSR count). The number of nitrogens with zero attached hydrogens (tertiary/aromatic N) is 2. The highest BCUT2D eigenvalue weighted by Crippen LogP contribution is 2.25. The number of hydrogen-bond donors (Lipinski definition) is 0. The van der Waals surface area contributed by atoms with Gasteiger partial charge >= 0.3 is 0 Å². The molecule has 0 radical (unpaired) electrons. The van der Waals surface area contributed by atoms with Crippen LogP contribution < -0.4 is 21.5 Å². The molecule has 2 aromatic carbocycles. The quantitative estimate of drug-likeness (QED) is 0.433. The second-order valence-electron chi connectivity index (χ2n) is 7.32. The van der Waals surface area contributed by atoms with Gasteiger partial charge in [-0.1, -0.05) is 41.4 Å². The zero-order valence-electron chi connectivity index (χ0n) is 16.0. The fourth-order valence-corrected chi connectivity index (χ4v) is 3.94. The van der Waals surface area contributed by atoms with Crippen molar-refractivity contribution in [2.45, 2.75) is 45.7 Å². The topological polar surface area (TPSA) is 25.9 Å². The lowest BCUT2D eigenvalue weighted by Gasteiger charge is -2.03. The van der Waals surface area contributed by atoms with Crippen molar-refractivity contribution in [2.24, 2.45) is 0 Å². The Labute approximate surface area is 181 Å². The molecule has 1 aliphatic heterocycles. The molecule has 0 saturated heterocycles. The number of carbonyl (C=O) groups is 1. The number of fused-ring (bicyclic) bond motifs is 1. The summed E-state index contributed by atoms with van der Waals surface area (Å²) < 4.78 is 4.54. The molecule has 0 saturated carbocycles. The Kier molecular flexibility index (Phi) is 6.73. The van der Waals surface area contributed by atoms with Crippen LogP contribution in [0.1, 0.15) is 41.0 Å². The number of aromatic nitrogens is 2. The van der Waals surface area contributed by atoms with Gasteiger partial charge in [-0.3, -0.25) is 4.79 Å². The summed E-state index contributed by atoms with van der Waals surface area (Å²) in [5.74, 6) is 1.40. The Hall–Kier alpha value is -1.91. The molecule has 0 fully saturated rings. The second kappa shape index (κ2) is 9.06. The van der Waals surface area contributed by atoms with E-state index >= 15 is 0 Å². The molecule has 0 amide bonds. The molecule has 0 spiro atoms. The van der Waals surface area contributed by atoms with Gasteiger partial charge < -0.3 is 17.0 Å². The Morgan fingerprint density at radius 3 is 2.46 bits per heavy atom. The molecule has 1 aliphatic rings. The highest BCUT2D eigenvalue weighted by Gasteiger charge is 2.27. The first-order valence-electron chi connectivity index (χ1n) is 9.59. The monoisotopic (exact) mass is 458 g/mol. The summed E-state index contributed by atoms with van der Waals surface area (Å²) in [5, 5.41) is 0.740. The van der Waals surface area contributed by atoms with Gasteiger partial charge in [0, 0.05) is 22.6 Å². The zero-order chi connectivity index (χ0) is 18.8. The first-order valence-corrected chi connectivity index (χ1v) is 9.97. The lowest BCUT2D eigenvalue weighted by molar-refractivity contribution is -0.690. The molecule has 5 heteroatoms. The van der Waals surface area contributed by atoms with E-state index < -0.39 is 0 Å². The minimum absolute atomic E-state index is 0. The van der Waals surface area contributed by atoms with Gasteiger partial charge in [-0.05, 0) is 50.5 Å². The van der Waals surface area contributed by atoms with Crippen molar-refractivity contribution >= 4 is 17.4 Å². The van der Waals surface area contributed by atoms with Gasteiger partial charge in [-0.25, -0.2) is 9.13 Å². The number of halogens is 2. The summed E-state index contributed by atoms with van der Waals surface area (Å²) >= 11 is 6.06. The predicted octanol–water partition coefficient (Wildman–Crippen LogP) is 2.02. The third-order valence-electron chi connectivity index (χ3n) is 5.32. The summed E-state index contributed by atoms with van der Waals surface area (Å²) in [6.45, 7) is 3.42. The van der Waals surface area contributed by atoms with Crippen molar-refractivity contribution in [3.63, 3.8) is 0 Å². The Bertz CT molecular complexity index is 962. The average molecular weight is 460 g/mol. The maximum atomic E-state index is 12.8. The third-order valence-corrected chi connectivity index (χ3v) is 5.57. The van der Waals surface area contributed by atoms with E-state index in [1.165, 1.54) is 36.3 Å². The van der Waals surface area contributed by atoms with Crippen LogP contribution in [-0.2, 0) is 19.5 Å². The van der Waals surface area contributed by atoms with E-state index in [0.717, 1.165) is 29.1 Å². The lowest BCUT2D eigenvalue weighted by Crippen LogP contribution is -3.00. The molecule has 2 heterocycles. The van der Waals surface area contributed by atoms with Crippen molar-refractivity contribution in [2.75, 3.05) is 0 Å². The first kappa shape index (κ1) is 20.8. The lowest BCUT2D eigenvalue weighted by atomic mass is 10.1. The van der Waals surface area contributed by atoms with Crippen LogP contribution in [-0.4, -0.2) is 10.4 Å². The average Bonchev–Trinajstić information content (AvgIpc) is 2.84. The fraction of sp³-hybridized carbons (Fsp3) is 0.304. The molecule has 3 aromatic rings. The van der Waals surface area contributed by atoms with Crippen LogP contribution >= 0.6 is 11.6 Å².